The Bertz CT molecular complexity index is 403. The fourth-order valence-electron chi connectivity index (χ4n) is 2.43. The van der Waals surface area contributed by atoms with Gasteiger partial charge in [0.15, 0.2) is 5.54 Å². The zero-order chi connectivity index (χ0) is 14.1. The first-order valence-corrected chi connectivity index (χ1v) is 5.99. The van der Waals surface area contributed by atoms with E-state index in [1.54, 1.807) is 13.8 Å². The monoisotopic (exact) mass is 254 g/mol. The highest BCUT2D eigenvalue weighted by molar-refractivity contribution is 6.12. The number of esters is 1. The Morgan fingerprint density at radius 3 is 2.33 bits per heavy atom. The maximum atomic E-state index is 11.9. The lowest BCUT2D eigenvalue weighted by Crippen LogP contribution is -2.40. The van der Waals surface area contributed by atoms with Gasteiger partial charge in [0.25, 0.3) is 0 Å². The van der Waals surface area contributed by atoms with Crippen molar-refractivity contribution in [1.29, 1.82) is 0 Å². The number of carbonyl (C=O) groups is 2. The lowest BCUT2D eigenvalue weighted by atomic mass is 9.75. The van der Waals surface area contributed by atoms with Gasteiger partial charge in [-0.05, 0) is 34.9 Å². The number of hydrogen-bond acceptors (Lipinski definition) is 5. The van der Waals surface area contributed by atoms with Crippen molar-refractivity contribution in [3.05, 3.63) is 0 Å². The fraction of sp³-hybridized carbons (Fsp3) is 0.769. The van der Waals surface area contributed by atoms with Crippen molar-refractivity contribution >= 4 is 17.5 Å². The molecule has 1 rings (SSSR count). The molecule has 5 nitrogen and oxygen atoms in total. The largest absolute Gasteiger partial charge is 0.467 e. The molecular weight excluding hydrogens is 232 g/mol. The summed E-state index contributed by atoms with van der Waals surface area (Å²) in [6.45, 7) is 5.70. The van der Waals surface area contributed by atoms with Crippen molar-refractivity contribution < 1.29 is 14.3 Å². The van der Waals surface area contributed by atoms with Gasteiger partial charge in [0, 0.05) is 18.7 Å². The molecule has 5 heteroatoms. The Morgan fingerprint density at radius 1 is 1.39 bits per heavy atom. The molecule has 0 aliphatic carbocycles. The molecule has 2 unspecified atom stereocenters. The van der Waals surface area contributed by atoms with E-state index in [4.69, 9.17) is 4.74 Å². The second kappa shape index (κ2) is 4.80. The van der Waals surface area contributed by atoms with Crippen molar-refractivity contribution in [2.45, 2.75) is 32.7 Å². The van der Waals surface area contributed by atoms with E-state index in [0.717, 1.165) is 5.71 Å². The molecule has 0 bridgehead atoms. The third-order valence-electron chi connectivity index (χ3n) is 3.58. The molecule has 0 fully saturated rings. The molecule has 102 valence electrons. The van der Waals surface area contributed by atoms with E-state index in [1.807, 2.05) is 25.9 Å². The van der Waals surface area contributed by atoms with Gasteiger partial charge in [-0.25, -0.2) is 4.79 Å². The van der Waals surface area contributed by atoms with Crippen LogP contribution in [0.15, 0.2) is 4.99 Å². The predicted molar refractivity (Wildman–Crippen MR) is 69.8 cm³/mol. The van der Waals surface area contributed by atoms with Crippen LogP contribution in [-0.4, -0.2) is 55.7 Å². The van der Waals surface area contributed by atoms with Gasteiger partial charge in [-0.1, -0.05) is 0 Å². The maximum Gasteiger partial charge on any atom is 0.333 e. The Labute approximate surface area is 108 Å². The minimum atomic E-state index is -0.944. The van der Waals surface area contributed by atoms with E-state index in [-0.39, 0.29) is 11.8 Å². The van der Waals surface area contributed by atoms with Crippen LogP contribution in [0.2, 0.25) is 0 Å². The lowest BCUT2D eigenvalue weighted by Gasteiger charge is -2.26. The van der Waals surface area contributed by atoms with Crippen LogP contribution in [0, 0.1) is 5.41 Å². The summed E-state index contributed by atoms with van der Waals surface area (Å²) in [5, 5.41) is 0. The number of ketones is 1. The van der Waals surface area contributed by atoms with Crippen molar-refractivity contribution in [3.8, 4) is 0 Å². The molecule has 0 saturated carbocycles. The van der Waals surface area contributed by atoms with Gasteiger partial charge in [0.05, 0.1) is 12.5 Å². The summed E-state index contributed by atoms with van der Waals surface area (Å²) < 4.78 is 4.79. The van der Waals surface area contributed by atoms with Crippen LogP contribution in [0.1, 0.15) is 27.2 Å². The van der Waals surface area contributed by atoms with Crippen LogP contribution < -0.4 is 0 Å². The molecule has 0 amide bonds. The number of Topliss-reactive ketones (excluding diaryl/α,β-unsaturated/α-hetero) is 1. The van der Waals surface area contributed by atoms with Crippen molar-refractivity contribution in [2.75, 3.05) is 27.7 Å². The molecule has 2 atom stereocenters. The van der Waals surface area contributed by atoms with E-state index in [2.05, 4.69) is 4.99 Å². The number of nitrogens with zero attached hydrogens (tertiary/aromatic N) is 2. The molecule has 0 aromatic carbocycles. The highest BCUT2D eigenvalue weighted by atomic mass is 16.5. The second-order valence-corrected chi connectivity index (χ2v) is 5.63. The van der Waals surface area contributed by atoms with Crippen molar-refractivity contribution in [3.63, 3.8) is 0 Å². The summed E-state index contributed by atoms with van der Waals surface area (Å²) in [5.74, 6) is -0.348. The van der Waals surface area contributed by atoms with Gasteiger partial charge in [-0.2, -0.15) is 0 Å². The topological polar surface area (TPSA) is 59.0 Å². The number of methoxy groups -OCH3 is 1. The Balaban J connectivity index is 3.16. The van der Waals surface area contributed by atoms with E-state index < -0.39 is 11.0 Å². The van der Waals surface area contributed by atoms with Gasteiger partial charge in [-0.3, -0.25) is 9.79 Å². The average Bonchev–Trinajstić information content (AvgIpc) is 2.51. The van der Waals surface area contributed by atoms with E-state index >= 15 is 0 Å². The van der Waals surface area contributed by atoms with E-state index in [0.29, 0.717) is 13.0 Å². The standard InChI is InChI=1S/C13H22N2O3/c1-9(16)12(2)8-13(3,11(17)18-6)14-10(12)7-15(4)5/h7-8H2,1-6H3. The molecule has 0 N–H and O–H groups in total. The minimum absolute atomic E-state index is 0.0377. The predicted octanol–water partition coefficient (Wildman–Crippen LogP) is 0.920. The summed E-state index contributed by atoms with van der Waals surface area (Å²) in [6, 6.07) is 0. The zero-order valence-corrected chi connectivity index (χ0v) is 12.0. The molecule has 1 aliphatic rings. The van der Waals surface area contributed by atoms with Crippen LogP contribution in [0.4, 0.5) is 0 Å². The highest BCUT2D eigenvalue weighted by Crippen LogP contribution is 2.41. The molecule has 1 heterocycles. The number of aliphatic imine (C=N–C) groups is 1. The number of hydrogen-bond donors (Lipinski definition) is 0. The van der Waals surface area contributed by atoms with Crippen LogP contribution in [0.25, 0.3) is 0 Å². The Kier molecular flexibility index (Phi) is 3.96. The smallest absolute Gasteiger partial charge is 0.333 e. The molecule has 0 aromatic heterocycles. The average molecular weight is 254 g/mol. The number of ether oxygens (including phenoxy) is 1. The van der Waals surface area contributed by atoms with Gasteiger partial charge in [0.2, 0.25) is 0 Å². The van der Waals surface area contributed by atoms with Crippen LogP contribution in [0.5, 0.6) is 0 Å². The van der Waals surface area contributed by atoms with Gasteiger partial charge in [-0.15, -0.1) is 0 Å². The second-order valence-electron chi connectivity index (χ2n) is 5.63. The summed E-state index contributed by atoms with van der Waals surface area (Å²) in [6.07, 6.45) is 0.380. The number of rotatable bonds is 4. The summed E-state index contributed by atoms with van der Waals surface area (Å²) in [7, 11) is 5.17. The molecule has 0 radical (unpaired) electrons. The molecule has 18 heavy (non-hydrogen) atoms. The summed E-state index contributed by atoms with van der Waals surface area (Å²) >= 11 is 0. The number of carbonyl (C=O) groups excluding carboxylic acids is 2. The first-order chi connectivity index (χ1) is 8.15. The molecule has 0 aromatic rings. The maximum absolute atomic E-state index is 11.9. The normalized spacial score (nSPS) is 31.4. The Hall–Kier alpha value is -1.23. The molecule has 0 spiro atoms. The fourth-order valence-corrected chi connectivity index (χ4v) is 2.43. The van der Waals surface area contributed by atoms with Gasteiger partial charge < -0.3 is 9.64 Å². The zero-order valence-electron chi connectivity index (χ0n) is 12.0. The van der Waals surface area contributed by atoms with Crippen LogP contribution >= 0.6 is 0 Å². The van der Waals surface area contributed by atoms with Crippen molar-refractivity contribution in [2.24, 2.45) is 10.4 Å². The highest BCUT2D eigenvalue weighted by Gasteiger charge is 2.52. The Morgan fingerprint density at radius 2 is 1.94 bits per heavy atom. The van der Waals surface area contributed by atoms with Crippen LogP contribution in [-0.2, 0) is 14.3 Å². The summed E-state index contributed by atoms with van der Waals surface area (Å²) in [4.78, 5) is 30.2. The molecular formula is C13H22N2O3. The van der Waals surface area contributed by atoms with E-state index in [9.17, 15) is 9.59 Å². The first-order valence-electron chi connectivity index (χ1n) is 5.99. The van der Waals surface area contributed by atoms with E-state index in [1.165, 1.54) is 7.11 Å². The SMILES string of the molecule is COC(=O)C1(C)CC(C)(C(C)=O)C(CN(C)C)=N1. The van der Waals surface area contributed by atoms with Gasteiger partial charge >= 0.3 is 5.97 Å². The minimum Gasteiger partial charge on any atom is -0.467 e. The van der Waals surface area contributed by atoms with Crippen LogP contribution in [0.3, 0.4) is 0 Å². The molecule has 0 saturated heterocycles. The van der Waals surface area contributed by atoms with Crippen molar-refractivity contribution in [1.82, 2.24) is 4.90 Å². The lowest BCUT2D eigenvalue weighted by molar-refractivity contribution is -0.146. The first kappa shape index (κ1) is 14.8. The van der Waals surface area contributed by atoms with Gasteiger partial charge in [0.1, 0.15) is 5.78 Å². The third-order valence-corrected chi connectivity index (χ3v) is 3.58. The molecule has 1 aliphatic heterocycles. The quantitative estimate of drug-likeness (QED) is 0.700. The summed E-state index contributed by atoms with van der Waals surface area (Å²) in [5.41, 5.74) is -0.860. The third kappa shape index (κ3) is 2.46.